The van der Waals surface area contributed by atoms with Crippen LogP contribution in [0.1, 0.15) is 48.5 Å². The zero-order valence-electron chi connectivity index (χ0n) is 13.7. The summed E-state index contributed by atoms with van der Waals surface area (Å²) in [6.45, 7) is 8.44. The van der Waals surface area contributed by atoms with Gasteiger partial charge in [0.2, 0.25) is 0 Å². The molecule has 3 rings (SSSR count). The van der Waals surface area contributed by atoms with Crippen molar-refractivity contribution < 1.29 is 13.9 Å². The molecular weight excluding hydrogens is 310 g/mol. The molecule has 0 bridgehead atoms. The Kier molecular flexibility index (Phi) is 3.98. The zero-order valence-corrected chi connectivity index (χ0v) is 14.5. The molecule has 0 atom stereocenters. The number of ether oxygens (including phenoxy) is 1. The number of aldehydes is 1. The van der Waals surface area contributed by atoms with Crippen LogP contribution in [0.2, 0.25) is 0 Å². The topological polar surface area (TPSA) is 52.3 Å². The highest BCUT2D eigenvalue weighted by atomic mass is 32.1. The summed E-state index contributed by atoms with van der Waals surface area (Å²) in [6.07, 6.45) is 0.875. The third-order valence-electron chi connectivity index (χ3n) is 3.63. The van der Waals surface area contributed by atoms with E-state index in [0.29, 0.717) is 18.1 Å². The molecule has 3 aromatic rings. The predicted molar refractivity (Wildman–Crippen MR) is 91.5 cm³/mol. The van der Waals surface area contributed by atoms with Crippen molar-refractivity contribution in [3.05, 3.63) is 46.5 Å². The second-order valence-corrected chi connectivity index (χ2v) is 7.41. The fraction of sp³-hybridized carbons (Fsp3) is 0.333. The van der Waals surface area contributed by atoms with Crippen LogP contribution in [0.4, 0.5) is 0 Å². The monoisotopic (exact) mass is 329 g/mol. The Bertz CT molecular complexity index is 855. The number of carbonyl (C=O) groups is 1. The van der Waals surface area contributed by atoms with Crippen molar-refractivity contribution in [3.8, 4) is 5.75 Å². The second-order valence-electron chi connectivity index (χ2n) is 6.49. The van der Waals surface area contributed by atoms with Gasteiger partial charge in [0, 0.05) is 21.1 Å². The molecule has 2 aromatic heterocycles. The Morgan fingerprint density at radius 2 is 2.09 bits per heavy atom. The molecule has 23 heavy (non-hydrogen) atoms. The Morgan fingerprint density at radius 1 is 1.30 bits per heavy atom. The van der Waals surface area contributed by atoms with Gasteiger partial charge in [0.25, 0.3) is 0 Å². The maximum Gasteiger partial charge on any atom is 0.200 e. The minimum absolute atomic E-state index is 0.130. The van der Waals surface area contributed by atoms with Crippen LogP contribution in [0.25, 0.3) is 10.1 Å². The van der Waals surface area contributed by atoms with Crippen LogP contribution in [0.5, 0.6) is 5.75 Å². The van der Waals surface area contributed by atoms with E-state index in [9.17, 15) is 4.79 Å². The van der Waals surface area contributed by atoms with Crippen LogP contribution in [0, 0.1) is 6.92 Å². The lowest BCUT2D eigenvalue weighted by molar-refractivity contribution is 0.112. The van der Waals surface area contributed by atoms with Gasteiger partial charge in [-0.15, -0.1) is 11.3 Å². The van der Waals surface area contributed by atoms with Gasteiger partial charge >= 0.3 is 0 Å². The summed E-state index contributed by atoms with van der Waals surface area (Å²) in [6, 6.07) is 5.59. The number of fused-ring (bicyclic) bond motifs is 1. The Balaban J connectivity index is 1.86. The number of thiophene rings is 1. The quantitative estimate of drug-likeness (QED) is 0.640. The van der Waals surface area contributed by atoms with Crippen LogP contribution in [0.3, 0.4) is 0 Å². The van der Waals surface area contributed by atoms with E-state index in [1.54, 1.807) is 6.07 Å². The molecule has 2 heterocycles. The van der Waals surface area contributed by atoms with E-state index in [0.717, 1.165) is 33.6 Å². The lowest BCUT2D eigenvalue weighted by atomic mass is 9.97. The average Bonchev–Trinajstić information content (AvgIpc) is 3.11. The Hall–Kier alpha value is -2.14. The standard InChI is InChI=1S/C18H19NO3S/c1-11-14(19-17(22-11)18(2,3)4)10-21-15-6-5-12(9-20)16-13(15)7-8-23-16/h5-9H,10H2,1-4H3. The summed E-state index contributed by atoms with van der Waals surface area (Å²) in [7, 11) is 0. The van der Waals surface area contributed by atoms with Crippen LogP contribution in [0.15, 0.2) is 28.0 Å². The SMILES string of the molecule is Cc1oc(C(C)(C)C)nc1COc1ccc(C=O)c2sccc12. The minimum Gasteiger partial charge on any atom is -0.486 e. The number of hydrogen-bond donors (Lipinski definition) is 0. The lowest BCUT2D eigenvalue weighted by Gasteiger charge is -2.12. The molecule has 0 spiro atoms. The summed E-state index contributed by atoms with van der Waals surface area (Å²) in [5.41, 5.74) is 1.36. The first-order valence-electron chi connectivity index (χ1n) is 7.45. The number of benzene rings is 1. The molecule has 0 N–H and O–H groups in total. The molecule has 4 nitrogen and oxygen atoms in total. The number of carbonyl (C=O) groups excluding carboxylic acids is 1. The molecule has 120 valence electrons. The van der Waals surface area contributed by atoms with Gasteiger partial charge in [0.1, 0.15) is 23.8 Å². The van der Waals surface area contributed by atoms with Crippen molar-refractivity contribution in [1.82, 2.24) is 4.98 Å². The number of aromatic nitrogens is 1. The fourth-order valence-corrected chi connectivity index (χ4v) is 3.19. The second kappa shape index (κ2) is 5.81. The molecule has 1 aromatic carbocycles. The first-order chi connectivity index (χ1) is 10.9. The molecule has 0 aliphatic carbocycles. The van der Waals surface area contributed by atoms with Crippen molar-refractivity contribution in [2.24, 2.45) is 0 Å². The molecular formula is C18H19NO3S. The number of aryl methyl sites for hydroxylation is 1. The number of nitrogens with zero attached hydrogens (tertiary/aromatic N) is 1. The van der Waals surface area contributed by atoms with E-state index < -0.39 is 0 Å². The van der Waals surface area contributed by atoms with E-state index in [4.69, 9.17) is 9.15 Å². The number of hydrogen-bond acceptors (Lipinski definition) is 5. The summed E-state index contributed by atoms with van der Waals surface area (Å²) >= 11 is 1.54. The van der Waals surface area contributed by atoms with Crippen molar-refractivity contribution in [1.29, 1.82) is 0 Å². The van der Waals surface area contributed by atoms with E-state index >= 15 is 0 Å². The van der Waals surface area contributed by atoms with Gasteiger partial charge in [-0.1, -0.05) is 20.8 Å². The summed E-state index contributed by atoms with van der Waals surface area (Å²) in [5.74, 6) is 2.25. The first kappa shape index (κ1) is 15.7. The first-order valence-corrected chi connectivity index (χ1v) is 8.33. The van der Waals surface area contributed by atoms with E-state index in [1.807, 2.05) is 24.4 Å². The van der Waals surface area contributed by atoms with Crippen LogP contribution in [-0.2, 0) is 12.0 Å². The Morgan fingerprint density at radius 3 is 2.74 bits per heavy atom. The largest absolute Gasteiger partial charge is 0.486 e. The van der Waals surface area contributed by atoms with Gasteiger partial charge in [0.15, 0.2) is 12.2 Å². The summed E-state index contributed by atoms with van der Waals surface area (Å²) in [5, 5.41) is 2.92. The summed E-state index contributed by atoms with van der Waals surface area (Å²) in [4.78, 5) is 15.6. The van der Waals surface area contributed by atoms with Gasteiger partial charge in [-0.05, 0) is 30.5 Å². The number of rotatable bonds is 4. The van der Waals surface area contributed by atoms with Crippen molar-refractivity contribution in [3.63, 3.8) is 0 Å². The minimum atomic E-state index is -0.130. The molecule has 0 fully saturated rings. The van der Waals surface area contributed by atoms with Crippen molar-refractivity contribution in [2.45, 2.75) is 39.7 Å². The van der Waals surface area contributed by atoms with Gasteiger partial charge in [-0.2, -0.15) is 0 Å². The Labute approximate surface area is 139 Å². The highest BCUT2D eigenvalue weighted by molar-refractivity contribution is 7.17. The summed E-state index contributed by atoms with van der Waals surface area (Å²) < 4.78 is 12.6. The van der Waals surface area contributed by atoms with Crippen LogP contribution < -0.4 is 4.74 Å². The lowest BCUT2D eigenvalue weighted by Crippen LogP contribution is -2.11. The van der Waals surface area contributed by atoms with Crippen molar-refractivity contribution >= 4 is 27.7 Å². The van der Waals surface area contributed by atoms with Gasteiger partial charge in [-0.25, -0.2) is 4.98 Å². The highest BCUT2D eigenvalue weighted by Crippen LogP contribution is 2.33. The predicted octanol–water partition coefficient (Wildman–Crippen LogP) is 4.89. The molecule has 0 radical (unpaired) electrons. The normalized spacial score (nSPS) is 11.8. The molecule has 0 saturated carbocycles. The molecule has 0 aliphatic rings. The highest BCUT2D eigenvalue weighted by Gasteiger charge is 2.22. The smallest absolute Gasteiger partial charge is 0.200 e. The fourth-order valence-electron chi connectivity index (χ4n) is 2.31. The molecule has 5 heteroatoms. The third-order valence-corrected chi connectivity index (χ3v) is 4.60. The average molecular weight is 329 g/mol. The zero-order chi connectivity index (χ0) is 16.6. The molecule has 0 unspecified atom stereocenters. The van der Waals surface area contributed by atoms with Gasteiger partial charge in [0.05, 0.1) is 0 Å². The van der Waals surface area contributed by atoms with E-state index in [2.05, 4.69) is 25.8 Å². The maximum atomic E-state index is 11.1. The molecule has 0 saturated heterocycles. The van der Waals surface area contributed by atoms with E-state index in [-0.39, 0.29) is 5.41 Å². The molecule has 0 amide bonds. The third kappa shape index (κ3) is 3.01. The van der Waals surface area contributed by atoms with Crippen molar-refractivity contribution in [2.75, 3.05) is 0 Å². The van der Waals surface area contributed by atoms with Crippen LogP contribution >= 0.6 is 11.3 Å². The maximum absolute atomic E-state index is 11.1. The molecule has 0 aliphatic heterocycles. The number of oxazole rings is 1. The van der Waals surface area contributed by atoms with Gasteiger partial charge < -0.3 is 9.15 Å². The van der Waals surface area contributed by atoms with Crippen LogP contribution in [-0.4, -0.2) is 11.3 Å². The van der Waals surface area contributed by atoms with E-state index in [1.165, 1.54) is 11.3 Å². The van der Waals surface area contributed by atoms with Gasteiger partial charge in [-0.3, -0.25) is 4.79 Å².